The largest absolute Gasteiger partial charge is 0.380 e. The lowest BCUT2D eigenvalue weighted by atomic mass is 9.87. The number of nitrogens with one attached hydrogen (secondary N) is 1. The topological polar surface area (TPSA) is 24.9 Å². The summed E-state index contributed by atoms with van der Waals surface area (Å²) < 4.78 is 0. The number of anilines is 1. The molecular formula is C13H18Cl2N2. The fraction of sp³-hybridized carbons (Fsp3) is 0.615. The molecular weight excluding hydrogens is 255 g/mol. The molecule has 1 aliphatic carbocycles. The summed E-state index contributed by atoms with van der Waals surface area (Å²) in [6, 6.07) is 2.36. The van der Waals surface area contributed by atoms with E-state index in [2.05, 4.69) is 17.2 Å². The van der Waals surface area contributed by atoms with Crippen molar-refractivity contribution in [3.05, 3.63) is 21.9 Å². The molecule has 1 heterocycles. The van der Waals surface area contributed by atoms with Gasteiger partial charge < -0.3 is 5.32 Å². The molecule has 0 aromatic carbocycles. The van der Waals surface area contributed by atoms with E-state index >= 15 is 0 Å². The van der Waals surface area contributed by atoms with Crippen molar-refractivity contribution in [1.82, 2.24) is 4.98 Å². The van der Waals surface area contributed by atoms with Crippen LogP contribution in [0.3, 0.4) is 0 Å². The van der Waals surface area contributed by atoms with E-state index in [1.807, 2.05) is 13.0 Å². The maximum absolute atomic E-state index is 6.13. The lowest BCUT2D eigenvalue weighted by molar-refractivity contribution is 0.358. The summed E-state index contributed by atoms with van der Waals surface area (Å²) in [6.45, 7) is 4.32. The van der Waals surface area contributed by atoms with Gasteiger partial charge in [-0.05, 0) is 37.3 Å². The molecule has 94 valence electrons. The Balaban J connectivity index is 2.12. The first-order chi connectivity index (χ1) is 8.06. The van der Waals surface area contributed by atoms with Crippen molar-refractivity contribution in [3.63, 3.8) is 0 Å². The maximum atomic E-state index is 6.13. The summed E-state index contributed by atoms with van der Waals surface area (Å²) in [7, 11) is 0. The Bertz CT molecular complexity index is 383. The third-order valence-corrected chi connectivity index (χ3v) is 3.89. The highest BCUT2D eigenvalue weighted by atomic mass is 35.5. The molecule has 2 atom stereocenters. The van der Waals surface area contributed by atoms with Gasteiger partial charge in [-0.15, -0.1) is 0 Å². The predicted octanol–water partition coefficient (Wildman–Crippen LogP) is 4.69. The average Bonchev–Trinajstić information content (AvgIpc) is 2.23. The van der Waals surface area contributed by atoms with Crippen molar-refractivity contribution in [2.24, 2.45) is 5.92 Å². The van der Waals surface area contributed by atoms with Crippen molar-refractivity contribution < 1.29 is 0 Å². The second-order valence-corrected chi connectivity index (χ2v) is 5.79. The molecule has 1 saturated carbocycles. The van der Waals surface area contributed by atoms with Crippen molar-refractivity contribution in [1.29, 1.82) is 0 Å². The normalized spacial score (nSPS) is 24.7. The van der Waals surface area contributed by atoms with Gasteiger partial charge in [0.2, 0.25) is 0 Å². The van der Waals surface area contributed by atoms with E-state index < -0.39 is 0 Å². The summed E-state index contributed by atoms with van der Waals surface area (Å²) in [4.78, 5) is 4.09. The van der Waals surface area contributed by atoms with Gasteiger partial charge in [-0.25, -0.2) is 4.98 Å². The van der Waals surface area contributed by atoms with Gasteiger partial charge in [0.05, 0.1) is 5.69 Å². The van der Waals surface area contributed by atoms with E-state index in [-0.39, 0.29) is 0 Å². The number of pyridine rings is 1. The molecule has 1 aromatic rings. The van der Waals surface area contributed by atoms with Crippen molar-refractivity contribution in [2.75, 3.05) is 5.32 Å². The molecule has 0 bridgehead atoms. The zero-order valence-electron chi connectivity index (χ0n) is 10.3. The summed E-state index contributed by atoms with van der Waals surface area (Å²) in [6.07, 6.45) is 5.04. The number of aromatic nitrogens is 1. The molecule has 0 radical (unpaired) electrons. The molecule has 0 saturated heterocycles. The number of halogens is 2. The Morgan fingerprint density at radius 1 is 1.35 bits per heavy atom. The van der Waals surface area contributed by atoms with Crippen LogP contribution in [0.15, 0.2) is 6.07 Å². The van der Waals surface area contributed by atoms with Crippen LogP contribution >= 0.6 is 23.2 Å². The monoisotopic (exact) mass is 272 g/mol. The first kappa shape index (κ1) is 13.0. The predicted molar refractivity (Wildman–Crippen MR) is 74.0 cm³/mol. The fourth-order valence-corrected chi connectivity index (χ4v) is 3.12. The fourth-order valence-electron chi connectivity index (χ4n) is 2.54. The molecule has 4 heteroatoms. The number of nitrogens with zero attached hydrogens (tertiary/aromatic N) is 1. The second kappa shape index (κ2) is 5.45. The van der Waals surface area contributed by atoms with E-state index in [1.165, 1.54) is 25.7 Å². The molecule has 2 unspecified atom stereocenters. The Morgan fingerprint density at radius 3 is 2.76 bits per heavy atom. The van der Waals surface area contributed by atoms with Gasteiger partial charge in [0, 0.05) is 6.04 Å². The van der Waals surface area contributed by atoms with Crippen LogP contribution in [0, 0.1) is 12.8 Å². The lowest BCUT2D eigenvalue weighted by Crippen LogP contribution is -2.26. The quantitative estimate of drug-likeness (QED) is 0.791. The summed E-state index contributed by atoms with van der Waals surface area (Å²) >= 11 is 12.0. The molecule has 2 nitrogen and oxygen atoms in total. The minimum atomic E-state index is 0.454. The smallest absolute Gasteiger partial charge is 0.154 e. The highest BCUT2D eigenvalue weighted by Crippen LogP contribution is 2.31. The summed E-state index contributed by atoms with van der Waals surface area (Å²) in [5.74, 6) is 0.792. The Morgan fingerprint density at radius 2 is 2.12 bits per heavy atom. The molecule has 1 aliphatic rings. The third-order valence-electron chi connectivity index (χ3n) is 3.43. The highest BCUT2D eigenvalue weighted by molar-refractivity contribution is 6.34. The number of aryl methyl sites for hydroxylation is 1. The Labute approximate surface area is 113 Å². The minimum absolute atomic E-state index is 0.454. The zero-order chi connectivity index (χ0) is 12.4. The van der Waals surface area contributed by atoms with Crippen molar-refractivity contribution in [3.8, 4) is 0 Å². The van der Waals surface area contributed by atoms with Crippen LogP contribution in [-0.2, 0) is 0 Å². The lowest BCUT2D eigenvalue weighted by Gasteiger charge is -2.29. The number of hydrogen-bond donors (Lipinski definition) is 1. The Hall–Kier alpha value is -0.470. The summed E-state index contributed by atoms with van der Waals surface area (Å²) in [5.41, 5.74) is 2.00. The molecule has 17 heavy (non-hydrogen) atoms. The van der Waals surface area contributed by atoms with Gasteiger partial charge in [0.25, 0.3) is 0 Å². The van der Waals surface area contributed by atoms with Crippen molar-refractivity contribution >= 4 is 28.9 Å². The van der Waals surface area contributed by atoms with E-state index in [4.69, 9.17) is 23.2 Å². The van der Waals surface area contributed by atoms with Gasteiger partial charge in [0.1, 0.15) is 5.15 Å². The molecule has 0 aliphatic heterocycles. The molecule has 1 aromatic heterocycles. The van der Waals surface area contributed by atoms with E-state index in [0.717, 1.165) is 17.2 Å². The number of hydrogen-bond acceptors (Lipinski definition) is 2. The van der Waals surface area contributed by atoms with E-state index in [1.54, 1.807) is 0 Å². The van der Waals surface area contributed by atoms with Crippen LogP contribution < -0.4 is 5.32 Å². The Kier molecular flexibility index (Phi) is 4.16. The van der Waals surface area contributed by atoms with Gasteiger partial charge in [-0.3, -0.25) is 0 Å². The first-order valence-corrected chi connectivity index (χ1v) is 6.91. The van der Waals surface area contributed by atoms with Crippen LogP contribution in [-0.4, -0.2) is 11.0 Å². The zero-order valence-corrected chi connectivity index (χ0v) is 11.8. The molecule has 1 fully saturated rings. The van der Waals surface area contributed by atoms with Gasteiger partial charge >= 0.3 is 0 Å². The van der Waals surface area contributed by atoms with Crippen LogP contribution in [0.5, 0.6) is 0 Å². The standard InChI is InChI=1S/C13H18Cl2N2/c1-8-4-3-5-10(6-8)16-12-9(2)7-11(14)17-13(12)15/h7-8,10,16H,3-6H2,1-2H3. The van der Waals surface area contributed by atoms with Gasteiger partial charge in [-0.1, -0.05) is 43.0 Å². The molecule has 0 spiro atoms. The van der Waals surface area contributed by atoms with E-state index in [0.29, 0.717) is 16.3 Å². The average molecular weight is 273 g/mol. The molecule has 0 amide bonds. The minimum Gasteiger partial charge on any atom is -0.380 e. The first-order valence-electron chi connectivity index (χ1n) is 6.15. The van der Waals surface area contributed by atoms with Gasteiger partial charge in [0.15, 0.2) is 5.15 Å². The third kappa shape index (κ3) is 3.26. The summed E-state index contributed by atoms with van der Waals surface area (Å²) in [5, 5.41) is 4.46. The van der Waals surface area contributed by atoms with Crippen molar-refractivity contribution in [2.45, 2.75) is 45.6 Å². The maximum Gasteiger partial charge on any atom is 0.154 e. The van der Waals surface area contributed by atoms with E-state index in [9.17, 15) is 0 Å². The van der Waals surface area contributed by atoms with Crippen LogP contribution in [0.2, 0.25) is 10.3 Å². The van der Waals surface area contributed by atoms with Crippen LogP contribution in [0.1, 0.15) is 38.2 Å². The second-order valence-electron chi connectivity index (χ2n) is 5.04. The van der Waals surface area contributed by atoms with Crippen LogP contribution in [0.4, 0.5) is 5.69 Å². The molecule has 2 rings (SSSR count). The van der Waals surface area contributed by atoms with Crippen LogP contribution in [0.25, 0.3) is 0 Å². The van der Waals surface area contributed by atoms with Gasteiger partial charge in [-0.2, -0.15) is 0 Å². The number of rotatable bonds is 2. The molecule has 1 N–H and O–H groups in total. The highest BCUT2D eigenvalue weighted by Gasteiger charge is 2.20. The SMILES string of the molecule is Cc1cc(Cl)nc(Cl)c1NC1CCCC(C)C1.